The van der Waals surface area contributed by atoms with E-state index in [1.54, 1.807) is 0 Å². The van der Waals surface area contributed by atoms with Gasteiger partial charge in [0.05, 0.1) is 4.88 Å². The molecule has 0 aliphatic heterocycles. The molecule has 0 spiro atoms. The SMILES string of the molecule is Oc1[nH]c(=S)sc1-c1ccccc1. The van der Waals surface area contributed by atoms with E-state index >= 15 is 0 Å². The van der Waals surface area contributed by atoms with E-state index in [0.717, 1.165) is 10.4 Å². The van der Waals surface area contributed by atoms with Crippen molar-refractivity contribution < 1.29 is 5.11 Å². The van der Waals surface area contributed by atoms with Crippen molar-refractivity contribution in [2.75, 3.05) is 0 Å². The normalized spacial score (nSPS) is 10.2. The van der Waals surface area contributed by atoms with E-state index in [1.165, 1.54) is 11.3 Å². The quantitative estimate of drug-likeness (QED) is 0.708. The summed E-state index contributed by atoms with van der Waals surface area (Å²) in [6.07, 6.45) is 0. The number of rotatable bonds is 1. The lowest BCUT2D eigenvalue weighted by Crippen LogP contribution is -1.71. The van der Waals surface area contributed by atoms with Gasteiger partial charge in [-0.15, -0.1) is 11.3 Å². The van der Waals surface area contributed by atoms with Crippen molar-refractivity contribution in [2.24, 2.45) is 0 Å². The summed E-state index contributed by atoms with van der Waals surface area (Å²) in [5.41, 5.74) is 0.984. The second-order valence-electron chi connectivity index (χ2n) is 2.56. The molecule has 0 atom stereocenters. The standard InChI is InChI=1S/C9H7NOS2/c11-8-7(13-9(12)10-8)6-4-2-1-3-5-6/h1-5,11H,(H,10,12). The smallest absolute Gasteiger partial charge is 0.208 e. The topological polar surface area (TPSA) is 36.0 Å². The molecule has 0 bridgehead atoms. The van der Waals surface area contributed by atoms with E-state index in [9.17, 15) is 5.11 Å². The van der Waals surface area contributed by atoms with Crippen LogP contribution in [0, 0.1) is 3.95 Å². The fraction of sp³-hybridized carbons (Fsp3) is 0. The lowest BCUT2D eigenvalue weighted by atomic mass is 10.2. The summed E-state index contributed by atoms with van der Waals surface area (Å²) in [7, 11) is 0. The average Bonchev–Trinajstić information content (AvgIpc) is 2.47. The molecule has 2 N–H and O–H groups in total. The molecule has 2 rings (SSSR count). The van der Waals surface area contributed by atoms with Crippen LogP contribution >= 0.6 is 23.6 Å². The number of aromatic hydroxyl groups is 1. The minimum atomic E-state index is 0.154. The molecular formula is C9H7NOS2. The molecule has 1 heterocycles. The Labute approximate surface area is 84.5 Å². The molecule has 0 saturated carbocycles. The molecular weight excluding hydrogens is 202 g/mol. The Kier molecular flexibility index (Phi) is 2.16. The van der Waals surface area contributed by atoms with Gasteiger partial charge in [0.25, 0.3) is 0 Å². The highest BCUT2D eigenvalue weighted by atomic mass is 32.1. The van der Waals surface area contributed by atoms with Gasteiger partial charge in [-0.2, -0.15) is 0 Å². The highest BCUT2D eigenvalue weighted by Gasteiger charge is 2.05. The molecule has 1 aromatic carbocycles. The number of thiazole rings is 1. The Morgan fingerprint density at radius 2 is 1.92 bits per heavy atom. The number of aromatic amines is 1. The number of aromatic nitrogens is 1. The first kappa shape index (κ1) is 8.47. The Morgan fingerprint density at radius 1 is 1.23 bits per heavy atom. The fourth-order valence-corrected chi connectivity index (χ4v) is 2.19. The number of benzene rings is 1. The minimum Gasteiger partial charge on any atom is -0.494 e. The van der Waals surface area contributed by atoms with Crippen molar-refractivity contribution in [2.45, 2.75) is 0 Å². The third-order valence-electron chi connectivity index (χ3n) is 1.67. The molecule has 0 aliphatic carbocycles. The first-order chi connectivity index (χ1) is 6.27. The van der Waals surface area contributed by atoms with Gasteiger partial charge in [0.2, 0.25) is 5.88 Å². The van der Waals surface area contributed by atoms with Crippen molar-refractivity contribution in [1.82, 2.24) is 4.98 Å². The summed E-state index contributed by atoms with van der Waals surface area (Å²) in [4.78, 5) is 3.49. The molecule has 0 saturated heterocycles. The summed E-state index contributed by atoms with van der Waals surface area (Å²) in [5.74, 6) is 0.154. The maximum Gasteiger partial charge on any atom is 0.208 e. The molecule has 0 aliphatic rings. The van der Waals surface area contributed by atoms with Crippen LogP contribution in [-0.4, -0.2) is 10.1 Å². The van der Waals surface area contributed by atoms with Crippen molar-refractivity contribution in [3.63, 3.8) is 0 Å². The van der Waals surface area contributed by atoms with Crippen LogP contribution in [0.4, 0.5) is 0 Å². The molecule has 0 radical (unpaired) electrons. The zero-order chi connectivity index (χ0) is 9.26. The number of H-pyrrole nitrogens is 1. The molecule has 1 aromatic heterocycles. The Balaban J connectivity index is 2.59. The summed E-state index contributed by atoms with van der Waals surface area (Å²) < 4.78 is 0.594. The van der Waals surface area contributed by atoms with Crippen LogP contribution in [0.5, 0.6) is 5.88 Å². The fourth-order valence-electron chi connectivity index (χ4n) is 1.11. The summed E-state index contributed by atoms with van der Waals surface area (Å²) in [6, 6.07) is 9.67. The van der Waals surface area contributed by atoms with E-state index in [4.69, 9.17) is 12.2 Å². The van der Waals surface area contributed by atoms with Gasteiger partial charge in [0, 0.05) is 0 Å². The Morgan fingerprint density at radius 3 is 2.46 bits per heavy atom. The van der Waals surface area contributed by atoms with Crippen LogP contribution in [0.1, 0.15) is 0 Å². The summed E-state index contributed by atoms with van der Waals surface area (Å²) in [5, 5.41) is 9.47. The van der Waals surface area contributed by atoms with Crippen LogP contribution in [0.25, 0.3) is 10.4 Å². The van der Waals surface area contributed by atoms with Gasteiger partial charge in [-0.05, 0) is 17.8 Å². The summed E-state index contributed by atoms with van der Waals surface area (Å²) >= 11 is 6.30. The van der Waals surface area contributed by atoms with E-state index in [0.29, 0.717) is 3.95 Å². The lowest BCUT2D eigenvalue weighted by Gasteiger charge is -1.95. The minimum absolute atomic E-state index is 0.154. The maximum atomic E-state index is 9.47. The van der Waals surface area contributed by atoms with E-state index in [-0.39, 0.29) is 5.88 Å². The summed E-state index contributed by atoms with van der Waals surface area (Å²) in [6.45, 7) is 0. The third-order valence-corrected chi connectivity index (χ3v) is 2.94. The van der Waals surface area contributed by atoms with E-state index in [2.05, 4.69) is 4.98 Å². The zero-order valence-electron chi connectivity index (χ0n) is 6.65. The lowest BCUT2D eigenvalue weighted by molar-refractivity contribution is 0.459. The monoisotopic (exact) mass is 209 g/mol. The molecule has 4 heteroatoms. The van der Waals surface area contributed by atoms with Gasteiger partial charge >= 0.3 is 0 Å². The van der Waals surface area contributed by atoms with Crippen molar-refractivity contribution in [3.8, 4) is 16.3 Å². The molecule has 0 fully saturated rings. The first-order valence-corrected chi connectivity index (χ1v) is 4.97. The molecule has 66 valence electrons. The van der Waals surface area contributed by atoms with Crippen molar-refractivity contribution >= 4 is 23.6 Å². The Bertz CT molecular complexity index is 458. The van der Waals surface area contributed by atoms with Gasteiger partial charge in [-0.3, -0.25) is 0 Å². The third kappa shape index (κ3) is 1.64. The van der Waals surface area contributed by atoms with Crippen LogP contribution < -0.4 is 0 Å². The van der Waals surface area contributed by atoms with Gasteiger partial charge in [0.1, 0.15) is 0 Å². The van der Waals surface area contributed by atoms with Gasteiger partial charge in [0.15, 0.2) is 3.95 Å². The first-order valence-electron chi connectivity index (χ1n) is 3.75. The highest BCUT2D eigenvalue weighted by Crippen LogP contribution is 2.32. The van der Waals surface area contributed by atoms with Gasteiger partial charge in [-0.1, -0.05) is 30.3 Å². The van der Waals surface area contributed by atoms with Crippen molar-refractivity contribution in [1.29, 1.82) is 0 Å². The second-order valence-corrected chi connectivity index (χ2v) is 4.25. The van der Waals surface area contributed by atoms with Crippen LogP contribution in [-0.2, 0) is 0 Å². The number of hydrogen-bond acceptors (Lipinski definition) is 3. The highest BCUT2D eigenvalue weighted by molar-refractivity contribution is 7.73. The molecule has 13 heavy (non-hydrogen) atoms. The maximum absolute atomic E-state index is 9.47. The van der Waals surface area contributed by atoms with E-state index < -0.39 is 0 Å². The number of nitrogens with one attached hydrogen (secondary N) is 1. The molecule has 2 nitrogen and oxygen atoms in total. The molecule has 2 aromatic rings. The van der Waals surface area contributed by atoms with E-state index in [1.807, 2.05) is 30.3 Å². The van der Waals surface area contributed by atoms with Crippen LogP contribution in [0.2, 0.25) is 0 Å². The Hall–Kier alpha value is -1.13. The predicted molar refractivity (Wildman–Crippen MR) is 56.6 cm³/mol. The number of hydrogen-bond donors (Lipinski definition) is 2. The van der Waals surface area contributed by atoms with Crippen LogP contribution in [0.3, 0.4) is 0 Å². The molecule has 0 unspecified atom stereocenters. The van der Waals surface area contributed by atoms with Gasteiger partial charge < -0.3 is 10.1 Å². The second kappa shape index (κ2) is 3.32. The van der Waals surface area contributed by atoms with Crippen molar-refractivity contribution in [3.05, 3.63) is 34.3 Å². The zero-order valence-corrected chi connectivity index (χ0v) is 8.28. The predicted octanol–water partition coefficient (Wildman–Crippen LogP) is 3.18. The average molecular weight is 209 g/mol. The van der Waals surface area contributed by atoms with Crippen LogP contribution in [0.15, 0.2) is 30.3 Å². The largest absolute Gasteiger partial charge is 0.494 e. The molecule has 0 amide bonds. The van der Waals surface area contributed by atoms with Gasteiger partial charge in [-0.25, -0.2) is 0 Å².